The molecule has 0 saturated heterocycles. The summed E-state index contributed by atoms with van der Waals surface area (Å²) in [6.45, 7) is 0.809. The maximum absolute atomic E-state index is 14.2. The first-order valence-corrected chi connectivity index (χ1v) is 15.8. The van der Waals surface area contributed by atoms with Crippen molar-refractivity contribution in [2.24, 2.45) is 0 Å². The van der Waals surface area contributed by atoms with Crippen LogP contribution in [0.2, 0.25) is 0 Å². The van der Waals surface area contributed by atoms with Gasteiger partial charge in [0.25, 0.3) is 0 Å². The Kier molecular flexibility index (Phi) is 12.3. The second-order valence-electron chi connectivity index (χ2n) is 11.2. The highest BCUT2D eigenvalue weighted by atomic mass is 16.5. The first-order valence-electron chi connectivity index (χ1n) is 15.8. The Morgan fingerprint density at radius 1 is 0.750 bits per heavy atom. The number of nitrogens with zero attached hydrogens (tertiary/aromatic N) is 2. The normalized spacial score (nSPS) is 11.2. The lowest BCUT2D eigenvalue weighted by molar-refractivity contribution is -0.138. The molecule has 0 aliphatic heterocycles. The minimum absolute atomic E-state index is 0.0455. The summed E-state index contributed by atoms with van der Waals surface area (Å²) in [5.74, 6) is -0.0722. The second-order valence-corrected chi connectivity index (χ2v) is 11.2. The molecule has 0 aliphatic carbocycles. The predicted octanol–water partition coefficient (Wildman–Crippen LogP) is 5.21. The van der Waals surface area contributed by atoms with E-state index in [2.05, 4.69) is 20.6 Å². The van der Waals surface area contributed by atoms with Crippen LogP contribution in [-0.4, -0.2) is 51.9 Å². The molecule has 0 spiro atoms. The molecule has 10 heteroatoms. The van der Waals surface area contributed by atoms with Crippen molar-refractivity contribution in [1.82, 2.24) is 25.5 Å². The van der Waals surface area contributed by atoms with Crippen LogP contribution < -0.4 is 15.4 Å². The minimum Gasteiger partial charge on any atom is -0.489 e. The zero-order chi connectivity index (χ0) is 33.4. The van der Waals surface area contributed by atoms with Crippen LogP contribution in [0.4, 0.5) is 4.79 Å². The highest BCUT2D eigenvalue weighted by Gasteiger charge is 2.29. The molecule has 48 heavy (non-hydrogen) atoms. The lowest BCUT2D eigenvalue weighted by Gasteiger charge is -2.27. The molecule has 0 radical (unpaired) electrons. The van der Waals surface area contributed by atoms with E-state index in [0.29, 0.717) is 31.0 Å². The van der Waals surface area contributed by atoms with Crippen LogP contribution in [0.25, 0.3) is 0 Å². The third kappa shape index (κ3) is 10.9. The van der Waals surface area contributed by atoms with Crippen LogP contribution in [0.3, 0.4) is 0 Å². The van der Waals surface area contributed by atoms with Crippen molar-refractivity contribution in [3.63, 3.8) is 0 Å². The molecule has 1 heterocycles. The molecule has 246 valence electrons. The number of rotatable bonds is 16. The molecule has 0 unspecified atom stereocenters. The van der Waals surface area contributed by atoms with E-state index < -0.39 is 18.0 Å². The summed E-state index contributed by atoms with van der Waals surface area (Å²) in [5.41, 5.74) is 4.39. The molecule has 0 aliphatic rings. The Labute approximate surface area is 280 Å². The van der Waals surface area contributed by atoms with Gasteiger partial charge in [0.1, 0.15) is 25.0 Å². The largest absolute Gasteiger partial charge is 0.489 e. The summed E-state index contributed by atoms with van der Waals surface area (Å²) < 4.78 is 11.4. The highest BCUT2D eigenvalue weighted by Crippen LogP contribution is 2.17. The molecule has 1 aromatic heterocycles. The molecule has 0 bridgehead atoms. The number of nitrogens with one attached hydrogen (secondary N) is 3. The van der Waals surface area contributed by atoms with Gasteiger partial charge in [-0.05, 0) is 40.8 Å². The Morgan fingerprint density at radius 2 is 1.38 bits per heavy atom. The first-order chi connectivity index (χ1) is 23.5. The molecule has 4 aromatic carbocycles. The van der Waals surface area contributed by atoms with Gasteiger partial charge in [-0.3, -0.25) is 9.59 Å². The van der Waals surface area contributed by atoms with Crippen molar-refractivity contribution >= 4 is 17.9 Å². The van der Waals surface area contributed by atoms with Gasteiger partial charge in [0, 0.05) is 31.4 Å². The fourth-order valence-corrected chi connectivity index (χ4v) is 5.03. The van der Waals surface area contributed by atoms with Crippen LogP contribution in [0.15, 0.2) is 128 Å². The topological polar surface area (TPSA) is 126 Å². The van der Waals surface area contributed by atoms with E-state index in [0.717, 1.165) is 22.3 Å². The quantitative estimate of drug-likeness (QED) is 0.135. The van der Waals surface area contributed by atoms with Crippen molar-refractivity contribution in [3.05, 3.63) is 156 Å². The Morgan fingerprint density at radius 3 is 2.00 bits per heavy atom. The fraction of sp³-hybridized carbons (Fsp3) is 0.211. The number of aromatic amines is 1. The Hall–Kier alpha value is -5.90. The van der Waals surface area contributed by atoms with Gasteiger partial charge < -0.3 is 30.0 Å². The summed E-state index contributed by atoms with van der Waals surface area (Å²) in [5, 5.41) is 5.65. The summed E-state index contributed by atoms with van der Waals surface area (Å²) in [6.07, 6.45) is 3.12. The van der Waals surface area contributed by atoms with Crippen molar-refractivity contribution in [1.29, 1.82) is 0 Å². The van der Waals surface area contributed by atoms with Gasteiger partial charge in [-0.2, -0.15) is 0 Å². The predicted molar refractivity (Wildman–Crippen MR) is 182 cm³/mol. The third-order valence-corrected chi connectivity index (χ3v) is 7.55. The first kappa shape index (κ1) is 33.5. The van der Waals surface area contributed by atoms with Gasteiger partial charge in [-0.15, -0.1) is 0 Å². The van der Waals surface area contributed by atoms with Crippen LogP contribution in [-0.2, 0) is 46.9 Å². The molecule has 1 atom stereocenters. The fourth-order valence-electron chi connectivity index (χ4n) is 5.03. The van der Waals surface area contributed by atoms with E-state index in [1.807, 2.05) is 115 Å². The number of carbonyl (C=O) groups is 3. The lowest BCUT2D eigenvalue weighted by atomic mass is 10.1. The van der Waals surface area contributed by atoms with E-state index in [-0.39, 0.29) is 32.0 Å². The molecule has 5 rings (SSSR count). The average molecular weight is 646 g/mol. The molecule has 0 fully saturated rings. The molecule has 0 saturated carbocycles. The van der Waals surface area contributed by atoms with E-state index in [1.165, 1.54) is 11.2 Å². The smallest absolute Gasteiger partial charge is 0.408 e. The third-order valence-electron chi connectivity index (χ3n) is 7.55. The molecule has 3 amide bonds. The summed E-state index contributed by atoms with van der Waals surface area (Å²) in [7, 11) is 0. The van der Waals surface area contributed by atoms with E-state index in [4.69, 9.17) is 9.47 Å². The number of ether oxygens (including phenoxy) is 2. The van der Waals surface area contributed by atoms with Crippen LogP contribution in [0, 0.1) is 0 Å². The number of carbonyl (C=O) groups excluding carboxylic acids is 3. The van der Waals surface area contributed by atoms with Gasteiger partial charge in [0.05, 0.1) is 12.9 Å². The van der Waals surface area contributed by atoms with Crippen molar-refractivity contribution in [2.45, 2.75) is 38.6 Å². The number of imidazole rings is 1. The van der Waals surface area contributed by atoms with Gasteiger partial charge in [0.15, 0.2) is 0 Å². The highest BCUT2D eigenvalue weighted by molar-refractivity contribution is 5.89. The zero-order valence-electron chi connectivity index (χ0n) is 26.6. The Bertz CT molecular complexity index is 1700. The van der Waals surface area contributed by atoms with Crippen LogP contribution >= 0.6 is 0 Å². The monoisotopic (exact) mass is 645 g/mol. The average Bonchev–Trinajstić information content (AvgIpc) is 3.64. The maximum atomic E-state index is 14.2. The van der Waals surface area contributed by atoms with Crippen LogP contribution in [0.5, 0.6) is 5.75 Å². The minimum atomic E-state index is -1.03. The van der Waals surface area contributed by atoms with E-state index in [1.54, 1.807) is 6.20 Å². The Balaban J connectivity index is 1.28. The maximum Gasteiger partial charge on any atom is 0.408 e. The molecular weight excluding hydrogens is 606 g/mol. The zero-order valence-corrected chi connectivity index (χ0v) is 26.6. The number of benzene rings is 4. The van der Waals surface area contributed by atoms with Crippen LogP contribution in [0.1, 0.15) is 27.9 Å². The lowest BCUT2D eigenvalue weighted by Crippen LogP contribution is -2.52. The summed E-state index contributed by atoms with van der Waals surface area (Å²) >= 11 is 0. The van der Waals surface area contributed by atoms with Crippen molar-refractivity contribution in [3.8, 4) is 5.75 Å². The number of hydrogen-bond donors (Lipinski definition) is 3. The van der Waals surface area contributed by atoms with Gasteiger partial charge in [-0.25, -0.2) is 9.78 Å². The van der Waals surface area contributed by atoms with E-state index >= 15 is 0 Å². The van der Waals surface area contributed by atoms with E-state index in [9.17, 15) is 14.4 Å². The van der Waals surface area contributed by atoms with Gasteiger partial charge >= 0.3 is 6.09 Å². The number of aromatic nitrogens is 2. The SMILES string of the molecule is O=C(CN(Cc1ccc(OCc2ccccc2)cc1)C(=O)[C@@H](Cc1cnc[nH]1)NC(=O)OCc1ccccc1)NCCc1ccccc1. The molecule has 5 aromatic rings. The van der Waals surface area contributed by atoms with Gasteiger partial charge in [-0.1, -0.05) is 103 Å². The van der Waals surface area contributed by atoms with Crippen molar-refractivity contribution in [2.75, 3.05) is 13.1 Å². The summed E-state index contributed by atoms with van der Waals surface area (Å²) in [6, 6.07) is 35.3. The second kappa shape index (κ2) is 17.7. The summed E-state index contributed by atoms with van der Waals surface area (Å²) in [4.78, 5) is 48.7. The number of H-pyrrole nitrogens is 1. The molecule has 10 nitrogen and oxygen atoms in total. The number of amides is 3. The van der Waals surface area contributed by atoms with Crippen molar-refractivity contribution < 1.29 is 23.9 Å². The number of hydrogen-bond acceptors (Lipinski definition) is 6. The number of alkyl carbamates (subject to hydrolysis) is 1. The molecule has 3 N–H and O–H groups in total. The molecular formula is C38H39N5O5. The van der Waals surface area contributed by atoms with Gasteiger partial charge in [0.2, 0.25) is 11.8 Å². The standard InChI is InChI=1S/C38H39N5O5/c44-36(40-21-20-29-10-4-1-5-11-29)25-43(24-30-16-18-34(19-17-30)47-26-31-12-6-2-7-13-31)37(45)35(22-33-23-39-28-41-33)42-38(46)48-27-32-14-8-3-9-15-32/h1-19,23,28,35H,20-22,24-27H2,(H,39,41)(H,40,44)(H,42,46)/t35-/m1/s1.